The molecule has 4 heterocycles. The van der Waals surface area contributed by atoms with Crippen molar-refractivity contribution in [2.45, 2.75) is 25.3 Å². The number of aliphatic imine (C=N–C) groups is 1. The van der Waals surface area contributed by atoms with Gasteiger partial charge in [-0.2, -0.15) is 0 Å². The molecule has 1 aromatic carbocycles. The van der Waals surface area contributed by atoms with Crippen molar-refractivity contribution in [2.24, 2.45) is 10.7 Å². The Labute approximate surface area is 179 Å². The second-order valence-electron chi connectivity index (χ2n) is 7.51. The average molecular weight is 413 g/mol. The number of nitrogens with one attached hydrogen (secondary N) is 3. The van der Waals surface area contributed by atoms with Crippen LogP contribution in [0.1, 0.15) is 34.3 Å². The maximum atomic E-state index is 11.8. The highest BCUT2D eigenvalue weighted by Gasteiger charge is 2.30. The highest BCUT2D eigenvalue weighted by Crippen LogP contribution is 2.26. The summed E-state index contributed by atoms with van der Waals surface area (Å²) in [4.78, 5) is 20.7. The number of benzene rings is 1. The Morgan fingerprint density at radius 1 is 1.19 bits per heavy atom. The lowest BCUT2D eigenvalue weighted by molar-refractivity contribution is 0.0994. The topological polar surface area (TPSA) is 109 Å². The molecule has 156 valence electrons. The molecule has 1 amide bonds. The standard InChI is InChI=1S/C23H23N7O/c24-21(31)19-10-4-9-18-20(27-14-30(18)19)23-28-17-13-25-11-5-8-16(17)22(29-23)26-12-15-6-2-1-3-7-15/h1-7,9-11,13-14,22-23,26,28-29H,8,12H2,(H2,24,31). The van der Waals surface area contributed by atoms with Crippen LogP contribution in [0.15, 0.2) is 83.4 Å². The molecule has 31 heavy (non-hydrogen) atoms. The number of pyridine rings is 1. The van der Waals surface area contributed by atoms with E-state index in [-0.39, 0.29) is 12.3 Å². The second-order valence-corrected chi connectivity index (χ2v) is 7.51. The van der Waals surface area contributed by atoms with Gasteiger partial charge in [-0.25, -0.2) is 4.98 Å². The molecule has 0 spiro atoms. The molecule has 0 saturated heterocycles. The summed E-state index contributed by atoms with van der Waals surface area (Å²) in [6.07, 6.45) is 7.77. The van der Waals surface area contributed by atoms with E-state index in [0.717, 1.165) is 29.9 Å². The summed E-state index contributed by atoms with van der Waals surface area (Å²) in [7, 11) is 0. The monoisotopic (exact) mass is 413 g/mol. The molecule has 0 radical (unpaired) electrons. The molecule has 8 heteroatoms. The van der Waals surface area contributed by atoms with Gasteiger partial charge in [-0.3, -0.25) is 24.8 Å². The minimum Gasteiger partial charge on any atom is -0.364 e. The van der Waals surface area contributed by atoms with Gasteiger partial charge >= 0.3 is 0 Å². The molecule has 2 aliphatic heterocycles. The van der Waals surface area contributed by atoms with Crippen LogP contribution in [-0.4, -0.2) is 27.7 Å². The predicted molar refractivity (Wildman–Crippen MR) is 119 cm³/mol. The number of rotatable bonds is 5. The summed E-state index contributed by atoms with van der Waals surface area (Å²) in [5.41, 5.74) is 10.9. The van der Waals surface area contributed by atoms with Crippen LogP contribution >= 0.6 is 0 Å². The summed E-state index contributed by atoms with van der Waals surface area (Å²) in [6.45, 7) is 0.721. The third kappa shape index (κ3) is 3.74. The van der Waals surface area contributed by atoms with Crippen molar-refractivity contribution in [1.29, 1.82) is 0 Å². The molecular formula is C23H23N7O. The van der Waals surface area contributed by atoms with E-state index < -0.39 is 5.91 Å². The molecule has 2 atom stereocenters. The highest BCUT2D eigenvalue weighted by molar-refractivity contribution is 5.92. The molecule has 0 saturated carbocycles. The van der Waals surface area contributed by atoms with E-state index in [0.29, 0.717) is 5.69 Å². The van der Waals surface area contributed by atoms with Crippen molar-refractivity contribution in [2.75, 3.05) is 0 Å². The normalized spacial score (nSPS) is 20.4. The molecule has 8 nitrogen and oxygen atoms in total. The Balaban J connectivity index is 1.48. The van der Waals surface area contributed by atoms with Crippen LogP contribution in [-0.2, 0) is 6.54 Å². The fourth-order valence-corrected chi connectivity index (χ4v) is 4.03. The van der Waals surface area contributed by atoms with E-state index in [1.54, 1.807) is 16.8 Å². The number of fused-ring (bicyclic) bond motifs is 1. The largest absolute Gasteiger partial charge is 0.364 e. The number of nitrogens with zero attached hydrogens (tertiary/aromatic N) is 3. The van der Waals surface area contributed by atoms with Gasteiger partial charge in [-0.15, -0.1) is 0 Å². The summed E-state index contributed by atoms with van der Waals surface area (Å²) in [5.74, 6) is -0.492. The third-order valence-electron chi connectivity index (χ3n) is 5.54. The zero-order valence-electron chi connectivity index (χ0n) is 16.8. The SMILES string of the molecule is NC(=O)c1cccc2c(C3NC4=C(CC=CN=C4)C(NCc4ccccc4)N3)ncn12. The van der Waals surface area contributed by atoms with Crippen LogP contribution in [0.5, 0.6) is 0 Å². The second kappa shape index (κ2) is 8.17. The van der Waals surface area contributed by atoms with Gasteiger partial charge in [0.15, 0.2) is 0 Å². The predicted octanol–water partition coefficient (Wildman–Crippen LogP) is 1.98. The first kappa shape index (κ1) is 19.2. The van der Waals surface area contributed by atoms with Gasteiger partial charge in [0.05, 0.1) is 23.6 Å². The van der Waals surface area contributed by atoms with Crippen LogP contribution in [0.25, 0.3) is 5.52 Å². The van der Waals surface area contributed by atoms with E-state index in [2.05, 4.69) is 38.1 Å². The van der Waals surface area contributed by atoms with Crippen molar-refractivity contribution in [3.05, 3.63) is 95.4 Å². The van der Waals surface area contributed by atoms with Crippen LogP contribution < -0.4 is 21.7 Å². The molecule has 0 aliphatic carbocycles. The first-order valence-corrected chi connectivity index (χ1v) is 10.2. The van der Waals surface area contributed by atoms with Crippen LogP contribution in [0.2, 0.25) is 0 Å². The van der Waals surface area contributed by atoms with Crippen LogP contribution in [0, 0.1) is 0 Å². The maximum absolute atomic E-state index is 11.8. The van der Waals surface area contributed by atoms with Crippen molar-refractivity contribution in [3.63, 3.8) is 0 Å². The Kier molecular flexibility index (Phi) is 5.07. The molecule has 5 N–H and O–H groups in total. The fourth-order valence-electron chi connectivity index (χ4n) is 4.03. The molecule has 2 unspecified atom stereocenters. The Hall–Kier alpha value is -3.75. The van der Waals surface area contributed by atoms with Gasteiger partial charge in [0.2, 0.25) is 0 Å². The smallest absolute Gasteiger partial charge is 0.265 e. The molecule has 0 fully saturated rings. The third-order valence-corrected chi connectivity index (χ3v) is 5.54. The minimum atomic E-state index is -0.492. The number of aromatic nitrogens is 2. The number of hydrogen-bond donors (Lipinski definition) is 4. The number of hydrogen-bond acceptors (Lipinski definition) is 6. The maximum Gasteiger partial charge on any atom is 0.265 e. The average Bonchev–Trinajstić information content (AvgIpc) is 3.08. The van der Waals surface area contributed by atoms with E-state index in [4.69, 9.17) is 5.73 Å². The van der Waals surface area contributed by atoms with Gasteiger partial charge in [0.1, 0.15) is 23.9 Å². The van der Waals surface area contributed by atoms with E-state index in [9.17, 15) is 4.79 Å². The van der Waals surface area contributed by atoms with Gasteiger partial charge < -0.3 is 11.1 Å². The van der Waals surface area contributed by atoms with Crippen molar-refractivity contribution >= 4 is 17.6 Å². The summed E-state index contributed by atoms with van der Waals surface area (Å²) < 4.78 is 1.72. The molecule has 3 aromatic rings. The Morgan fingerprint density at radius 3 is 2.90 bits per heavy atom. The lowest BCUT2D eigenvalue weighted by Crippen LogP contribution is -2.53. The van der Waals surface area contributed by atoms with Gasteiger partial charge in [0.25, 0.3) is 5.91 Å². The van der Waals surface area contributed by atoms with Crippen LogP contribution in [0.4, 0.5) is 0 Å². The molecule has 0 bridgehead atoms. The number of imidazole rings is 1. The number of carbonyl (C=O) groups excluding carboxylic acids is 1. The Morgan fingerprint density at radius 2 is 2.06 bits per heavy atom. The minimum absolute atomic E-state index is 0.0771. The zero-order valence-corrected chi connectivity index (χ0v) is 16.8. The van der Waals surface area contributed by atoms with Gasteiger partial charge in [0, 0.05) is 12.7 Å². The zero-order chi connectivity index (χ0) is 21.2. The van der Waals surface area contributed by atoms with Crippen molar-refractivity contribution in [3.8, 4) is 0 Å². The van der Waals surface area contributed by atoms with E-state index in [1.165, 1.54) is 11.1 Å². The summed E-state index contributed by atoms with van der Waals surface area (Å²) in [6, 6.07) is 15.7. The molecule has 2 aromatic heterocycles. The molecule has 5 rings (SSSR count). The lowest BCUT2D eigenvalue weighted by atomic mass is 10.0. The highest BCUT2D eigenvalue weighted by atomic mass is 16.1. The van der Waals surface area contributed by atoms with Crippen molar-refractivity contribution in [1.82, 2.24) is 25.3 Å². The quantitative estimate of drug-likeness (QED) is 0.512. The summed E-state index contributed by atoms with van der Waals surface area (Å²) in [5, 5.41) is 10.8. The van der Waals surface area contributed by atoms with E-state index >= 15 is 0 Å². The molecule has 2 aliphatic rings. The summed E-state index contributed by atoms with van der Waals surface area (Å²) >= 11 is 0. The molecular weight excluding hydrogens is 390 g/mol. The first-order valence-electron chi connectivity index (χ1n) is 10.2. The van der Waals surface area contributed by atoms with Crippen LogP contribution in [0.3, 0.4) is 0 Å². The number of carbonyl (C=O) groups is 1. The number of amides is 1. The number of primary amides is 1. The number of nitrogens with two attached hydrogens (primary N) is 1. The Bertz CT molecular complexity index is 1210. The van der Waals surface area contributed by atoms with Gasteiger partial charge in [-0.1, -0.05) is 42.5 Å². The number of allylic oxidation sites excluding steroid dienone is 2. The van der Waals surface area contributed by atoms with Crippen molar-refractivity contribution < 1.29 is 4.79 Å². The first-order chi connectivity index (χ1) is 15.2. The van der Waals surface area contributed by atoms with E-state index in [1.807, 2.05) is 48.8 Å². The fraction of sp³-hybridized carbons (Fsp3) is 0.174. The van der Waals surface area contributed by atoms with Gasteiger partial charge in [-0.05, 0) is 29.7 Å². The lowest BCUT2D eigenvalue weighted by Gasteiger charge is -2.35.